The zero-order chi connectivity index (χ0) is 16.6. The van der Waals surface area contributed by atoms with E-state index in [1.54, 1.807) is 36.2 Å². The van der Waals surface area contributed by atoms with Gasteiger partial charge in [-0.15, -0.1) is 0 Å². The lowest BCUT2D eigenvalue weighted by molar-refractivity contribution is -0.119. The number of thioether (sulfide) groups is 1. The maximum Gasteiger partial charge on any atom is 0.285 e. The smallest absolute Gasteiger partial charge is 0.285 e. The average Bonchev–Trinajstić information content (AvgIpc) is 2.92. The van der Waals surface area contributed by atoms with E-state index >= 15 is 0 Å². The molecule has 0 spiro atoms. The second-order valence-electron chi connectivity index (χ2n) is 5.44. The van der Waals surface area contributed by atoms with Crippen LogP contribution >= 0.6 is 23.4 Å². The Morgan fingerprint density at radius 3 is 2.74 bits per heavy atom. The molecule has 23 heavy (non-hydrogen) atoms. The first-order valence-electron chi connectivity index (χ1n) is 6.94. The third-order valence-corrected chi connectivity index (χ3v) is 7.28. The normalized spacial score (nSPS) is 27.2. The van der Waals surface area contributed by atoms with E-state index < -0.39 is 15.7 Å². The first-order chi connectivity index (χ1) is 10.8. The number of amidine groups is 1. The van der Waals surface area contributed by atoms with E-state index in [1.165, 1.54) is 11.8 Å². The first-order valence-corrected chi connectivity index (χ1v) is 10.0. The summed E-state index contributed by atoms with van der Waals surface area (Å²) in [6.07, 6.45) is 0. The molecule has 0 aliphatic carbocycles. The molecule has 2 aliphatic rings. The monoisotopic (exact) mass is 374 g/mol. The van der Waals surface area contributed by atoms with E-state index in [1.807, 2.05) is 0 Å². The Morgan fingerprint density at radius 2 is 2.09 bits per heavy atom. The third-order valence-electron chi connectivity index (χ3n) is 3.72. The minimum absolute atomic E-state index is 0.0475. The Morgan fingerprint density at radius 1 is 1.39 bits per heavy atom. The number of halogens is 1. The number of carbonyl (C=O) groups excluding carboxylic acids is 1. The molecule has 9 heteroatoms. The van der Waals surface area contributed by atoms with Gasteiger partial charge in [0.15, 0.2) is 21.6 Å². The molecule has 1 aromatic carbocycles. The van der Waals surface area contributed by atoms with Crippen molar-refractivity contribution in [2.24, 2.45) is 4.99 Å². The molecule has 0 saturated carbocycles. The Hall–Kier alpha value is -1.25. The van der Waals surface area contributed by atoms with Crippen LogP contribution < -0.4 is 4.74 Å². The molecule has 6 nitrogen and oxygen atoms in total. The van der Waals surface area contributed by atoms with E-state index in [4.69, 9.17) is 16.3 Å². The summed E-state index contributed by atoms with van der Waals surface area (Å²) in [5.41, 5.74) is 0. The van der Waals surface area contributed by atoms with Crippen LogP contribution in [-0.4, -0.2) is 60.8 Å². The van der Waals surface area contributed by atoms with Crippen LogP contribution in [0.2, 0.25) is 5.02 Å². The molecule has 124 valence electrons. The van der Waals surface area contributed by atoms with Crippen molar-refractivity contribution in [1.29, 1.82) is 0 Å². The average molecular weight is 375 g/mol. The van der Waals surface area contributed by atoms with Gasteiger partial charge in [-0.2, -0.15) is 4.99 Å². The zero-order valence-electron chi connectivity index (χ0n) is 12.3. The molecule has 0 bridgehead atoms. The topological polar surface area (TPSA) is 76.0 Å². The quantitative estimate of drug-likeness (QED) is 0.797. The Kier molecular flexibility index (Phi) is 4.57. The summed E-state index contributed by atoms with van der Waals surface area (Å²) in [6, 6.07) is 6.60. The maximum atomic E-state index is 11.9. The van der Waals surface area contributed by atoms with Gasteiger partial charge in [0, 0.05) is 17.3 Å². The largest absolute Gasteiger partial charge is 0.484 e. The van der Waals surface area contributed by atoms with E-state index in [9.17, 15) is 13.2 Å². The van der Waals surface area contributed by atoms with Gasteiger partial charge in [0.1, 0.15) is 5.75 Å². The van der Waals surface area contributed by atoms with Crippen molar-refractivity contribution < 1.29 is 17.9 Å². The molecule has 2 heterocycles. The number of carbonyl (C=O) groups is 1. The molecule has 2 aliphatic heterocycles. The Labute approximate surface area is 143 Å². The van der Waals surface area contributed by atoms with Gasteiger partial charge in [0.2, 0.25) is 0 Å². The van der Waals surface area contributed by atoms with Crippen molar-refractivity contribution >= 4 is 44.3 Å². The van der Waals surface area contributed by atoms with E-state index in [2.05, 4.69) is 4.99 Å². The maximum absolute atomic E-state index is 11.9. The fraction of sp³-hybridized carbons (Fsp3) is 0.429. The number of amides is 1. The van der Waals surface area contributed by atoms with Crippen molar-refractivity contribution in [2.75, 3.05) is 25.2 Å². The summed E-state index contributed by atoms with van der Waals surface area (Å²) >= 11 is 7.12. The molecule has 1 aromatic rings. The van der Waals surface area contributed by atoms with E-state index in [0.29, 0.717) is 15.9 Å². The van der Waals surface area contributed by atoms with Crippen molar-refractivity contribution in [3.05, 3.63) is 29.3 Å². The second-order valence-corrected chi connectivity index (χ2v) is 9.24. The van der Waals surface area contributed by atoms with Crippen molar-refractivity contribution in [3.8, 4) is 5.75 Å². The second kappa shape index (κ2) is 6.33. The number of hydrogen-bond donors (Lipinski definition) is 0. The predicted octanol–water partition coefficient (Wildman–Crippen LogP) is 1.45. The molecule has 2 saturated heterocycles. The van der Waals surface area contributed by atoms with Gasteiger partial charge in [0.05, 0.1) is 17.5 Å². The Balaban J connectivity index is 1.59. The summed E-state index contributed by atoms with van der Waals surface area (Å²) in [6.45, 7) is -0.173. The molecular formula is C14H15ClN2O4S2. The van der Waals surface area contributed by atoms with E-state index in [0.717, 1.165) is 0 Å². The molecule has 0 aromatic heterocycles. The SMILES string of the molecule is CN1C(=NC(=O)COc2ccc(Cl)cc2)S[C@@H]2CS(=O)(=O)C[C@H]21. The fourth-order valence-electron chi connectivity index (χ4n) is 2.55. The lowest BCUT2D eigenvalue weighted by Crippen LogP contribution is -2.34. The summed E-state index contributed by atoms with van der Waals surface area (Å²) in [4.78, 5) is 17.8. The Bertz CT molecular complexity index is 749. The van der Waals surface area contributed by atoms with Crippen LogP contribution in [0.25, 0.3) is 0 Å². The van der Waals surface area contributed by atoms with E-state index in [-0.39, 0.29) is 29.4 Å². The lowest BCUT2D eigenvalue weighted by Gasteiger charge is -2.17. The summed E-state index contributed by atoms with van der Waals surface area (Å²) in [5, 5.41) is 1.10. The minimum Gasteiger partial charge on any atom is -0.484 e. The zero-order valence-corrected chi connectivity index (χ0v) is 14.7. The first kappa shape index (κ1) is 16.6. The van der Waals surface area contributed by atoms with Crippen molar-refractivity contribution in [1.82, 2.24) is 4.90 Å². The van der Waals surface area contributed by atoms with Crippen LogP contribution in [0.1, 0.15) is 0 Å². The van der Waals surface area contributed by atoms with Crippen LogP contribution in [0.3, 0.4) is 0 Å². The lowest BCUT2D eigenvalue weighted by atomic mass is 10.2. The summed E-state index contributed by atoms with van der Waals surface area (Å²) in [5.74, 6) is 0.395. The van der Waals surface area contributed by atoms with Gasteiger partial charge in [-0.25, -0.2) is 8.42 Å². The van der Waals surface area contributed by atoms with Crippen molar-refractivity contribution in [3.63, 3.8) is 0 Å². The highest BCUT2D eigenvalue weighted by atomic mass is 35.5. The minimum atomic E-state index is -2.98. The van der Waals surface area contributed by atoms with Crippen LogP contribution in [0.5, 0.6) is 5.75 Å². The van der Waals surface area contributed by atoms with Gasteiger partial charge >= 0.3 is 0 Å². The number of hydrogen-bond acceptors (Lipinski definition) is 5. The fourth-order valence-corrected chi connectivity index (χ4v) is 6.69. The van der Waals surface area contributed by atoms with Gasteiger partial charge in [0.25, 0.3) is 5.91 Å². The predicted molar refractivity (Wildman–Crippen MR) is 91.0 cm³/mol. The number of sulfone groups is 1. The number of aliphatic imine (C=N–C) groups is 1. The molecular weight excluding hydrogens is 360 g/mol. The number of rotatable bonds is 3. The third kappa shape index (κ3) is 3.81. The van der Waals surface area contributed by atoms with Gasteiger partial charge < -0.3 is 9.64 Å². The standard InChI is InChI=1S/C14H15ClN2O4S2/c1-17-11-7-23(19,20)8-12(11)22-14(17)16-13(18)6-21-10-4-2-9(15)3-5-10/h2-5,11-12H,6-8H2,1H3/t11-,12-/m1/s1. The molecule has 2 fully saturated rings. The highest BCUT2D eigenvalue weighted by Crippen LogP contribution is 2.36. The van der Waals surface area contributed by atoms with Gasteiger partial charge in [-0.05, 0) is 24.3 Å². The number of ether oxygens (including phenoxy) is 1. The van der Waals surface area contributed by atoms with Crippen molar-refractivity contribution in [2.45, 2.75) is 11.3 Å². The molecule has 3 rings (SSSR count). The number of nitrogens with zero attached hydrogens (tertiary/aromatic N) is 2. The molecule has 2 atom stereocenters. The van der Waals surface area contributed by atoms with Gasteiger partial charge in [-0.3, -0.25) is 4.79 Å². The molecule has 0 unspecified atom stereocenters. The highest BCUT2D eigenvalue weighted by molar-refractivity contribution is 8.15. The van der Waals surface area contributed by atoms with Crippen LogP contribution in [0, 0.1) is 0 Å². The van der Waals surface area contributed by atoms with Crippen LogP contribution in [-0.2, 0) is 14.6 Å². The molecule has 0 N–H and O–H groups in total. The summed E-state index contributed by atoms with van der Waals surface area (Å²) < 4.78 is 28.6. The highest BCUT2D eigenvalue weighted by Gasteiger charge is 2.47. The molecule has 0 radical (unpaired) electrons. The summed E-state index contributed by atoms with van der Waals surface area (Å²) in [7, 11) is -1.21. The molecule has 1 amide bonds. The van der Waals surface area contributed by atoms with Gasteiger partial charge in [-0.1, -0.05) is 23.4 Å². The van der Waals surface area contributed by atoms with Crippen LogP contribution in [0.4, 0.5) is 0 Å². The number of benzene rings is 1. The number of fused-ring (bicyclic) bond motifs is 1. The van der Waals surface area contributed by atoms with Crippen LogP contribution in [0.15, 0.2) is 29.3 Å².